The van der Waals surface area contributed by atoms with Crippen molar-refractivity contribution >= 4 is 5.69 Å². The van der Waals surface area contributed by atoms with E-state index in [9.17, 15) is 13.2 Å². The number of benzene rings is 1. The Balaban J connectivity index is 2.13. The molecule has 0 bridgehead atoms. The van der Waals surface area contributed by atoms with Crippen LogP contribution in [0.15, 0.2) is 24.3 Å². The summed E-state index contributed by atoms with van der Waals surface area (Å²) in [5, 5.41) is 3.00. The fraction of sp³-hybridized carbons (Fsp3) is 0.467. The Bertz CT molecular complexity index is 473. The van der Waals surface area contributed by atoms with Crippen molar-refractivity contribution in [3.63, 3.8) is 0 Å². The Hall–Kier alpha value is -1.63. The van der Waals surface area contributed by atoms with Crippen molar-refractivity contribution in [2.75, 3.05) is 5.32 Å². The summed E-state index contributed by atoms with van der Waals surface area (Å²) in [5.74, 6) is 1.22. The lowest BCUT2D eigenvalue weighted by molar-refractivity contribution is -0.184. The highest BCUT2D eigenvalue weighted by molar-refractivity contribution is 5.50. The molecule has 0 aromatic heterocycles. The first-order valence-corrected chi connectivity index (χ1v) is 6.40. The van der Waals surface area contributed by atoms with E-state index in [1.54, 1.807) is 24.3 Å². The summed E-state index contributed by atoms with van der Waals surface area (Å²) >= 11 is 0. The summed E-state index contributed by atoms with van der Waals surface area (Å²) in [6.45, 7) is 0. The van der Waals surface area contributed by atoms with Gasteiger partial charge >= 0.3 is 6.18 Å². The van der Waals surface area contributed by atoms with E-state index in [0.717, 1.165) is 6.42 Å². The minimum atomic E-state index is -4.14. The van der Waals surface area contributed by atoms with E-state index < -0.39 is 18.1 Å². The van der Waals surface area contributed by atoms with E-state index in [1.165, 1.54) is 0 Å². The maximum Gasteiger partial charge on any atom is 0.393 e. The number of halogens is 3. The van der Waals surface area contributed by atoms with Gasteiger partial charge in [-0.2, -0.15) is 13.2 Å². The van der Waals surface area contributed by atoms with Gasteiger partial charge in [-0.1, -0.05) is 24.8 Å². The molecule has 2 atom stereocenters. The third-order valence-electron chi connectivity index (χ3n) is 3.57. The van der Waals surface area contributed by atoms with E-state index in [2.05, 4.69) is 11.2 Å². The van der Waals surface area contributed by atoms with E-state index in [1.807, 2.05) is 0 Å². The van der Waals surface area contributed by atoms with Crippen LogP contribution >= 0.6 is 0 Å². The van der Waals surface area contributed by atoms with E-state index >= 15 is 0 Å². The number of terminal acetylenes is 1. The molecule has 0 heterocycles. The molecular formula is C15H16F3N. The highest BCUT2D eigenvalue weighted by Crippen LogP contribution is 2.39. The van der Waals surface area contributed by atoms with Crippen molar-refractivity contribution in [2.45, 2.75) is 37.9 Å². The molecule has 1 nitrogen and oxygen atoms in total. The topological polar surface area (TPSA) is 12.0 Å². The Morgan fingerprint density at radius 3 is 2.63 bits per heavy atom. The molecule has 0 radical (unpaired) electrons. The zero-order chi connectivity index (χ0) is 13.9. The first-order valence-electron chi connectivity index (χ1n) is 6.40. The molecule has 102 valence electrons. The maximum absolute atomic E-state index is 13.0. The zero-order valence-electron chi connectivity index (χ0n) is 10.5. The number of alkyl halides is 3. The number of anilines is 1. The Morgan fingerprint density at radius 1 is 1.21 bits per heavy atom. The molecule has 2 unspecified atom stereocenters. The second-order valence-electron chi connectivity index (χ2n) is 4.91. The van der Waals surface area contributed by atoms with Crippen LogP contribution < -0.4 is 5.32 Å². The van der Waals surface area contributed by atoms with Gasteiger partial charge in [0.25, 0.3) is 0 Å². The third kappa shape index (κ3) is 3.44. The molecule has 0 saturated heterocycles. The van der Waals surface area contributed by atoms with Gasteiger partial charge < -0.3 is 5.32 Å². The lowest BCUT2D eigenvalue weighted by Crippen LogP contribution is -2.41. The van der Waals surface area contributed by atoms with Crippen LogP contribution in [0.2, 0.25) is 0 Å². The van der Waals surface area contributed by atoms with Gasteiger partial charge in [0.1, 0.15) is 0 Å². The van der Waals surface area contributed by atoms with Gasteiger partial charge in [-0.05, 0) is 31.0 Å². The molecule has 1 aliphatic rings. The van der Waals surface area contributed by atoms with Gasteiger partial charge in [0.2, 0.25) is 0 Å². The Morgan fingerprint density at radius 2 is 1.95 bits per heavy atom. The Kier molecular flexibility index (Phi) is 4.04. The minimum Gasteiger partial charge on any atom is -0.382 e. The summed E-state index contributed by atoms with van der Waals surface area (Å²) in [4.78, 5) is 0. The average molecular weight is 267 g/mol. The van der Waals surface area contributed by atoms with Crippen molar-refractivity contribution < 1.29 is 13.2 Å². The van der Waals surface area contributed by atoms with Crippen LogP contribution in [-0.4, -0.2) is 12.2 Å². The fourth-order valence-electron chi connectivity index (χ4n) is 2.61. The third-order valence-corrected chi connectivity index (χ3v) is 3.57. The first-order chi connectivity index (χ1) is 9.00. The molecule has 1 fully saturated rings. The summed E-state index contributed by atoms with van der Waals surface area (Å²) in [7, 11) is 0. The van der Waals surface area contributed by atoms with E-state index in [4.69, 9.17) is 6.42 Å². The minimum absolute atomic E-state index is 0.204. The summed E-state index contributed by atoms with van der Waals surface area (Å²) in [5.41, 5.74) is 1.33. The van der Waals surface area contributed by atoms with Gasteiger partial charge in [0, 0.05) is 17.3 Å². The second kappa shape index (κ2) is 5.56. The van der Waals surface area contributed by atoms with Gasteiger partial charge in [-0.3, -0.25) is 0 Å². The summed E-state index contributed by atoms with van der Waals surface area (Å²) < 4.78 is 38.9. The number of hydrogen-bond acceptors (Lipinski definition) is 1. The van der Waals surface area contributed by atoms with E-state index in [0.29, 0.717) is 24.1 Å². The van der Waals surface area contributed by atoms with Crippen molar-refractivity contribution in [3.8, 4) is 12.3 Å². The first kappa shape index (κ1) is 13.8. The van der Waals surface area contributed by atoms with Crippen LogP contribution in [0.1, 0.15) is 31.2 Å². The van der Waals surface area contributed by atoms with Gasteiger partial charge in [-0.25, -0.2) is 0 Å². The molecule has 1 N–H and O–H groups in total. The molecule has 1 aromatic carbocycles. The molecule has 0 spiro atoms. The van der Waals surface area contributed by atoms with Crippen molar-refractivity contribution in [1.29, 1.82) is 0 Å². The monoisotopic (exact) mass is 267 g/mol. The van der Waals surface area contributed by atoms with Crippen LogP contribution in [-0.2, 0) is 0 Å². The second-order valence-corrected chi connectivity index (χ2v) is 4.91. The molecule has 1 aromatic rings. The number of nitrogens with one attached hydrogen (secondary N) is 1. The van der Waals surface area contributed by atoms with Crippen molar-refractivity contribution in [2.24, 2.45) is 5.92 Å². The standard InChI is InChI=1S/C15H16F3N/c1-2-11-6-5-7-12(10-11)19-14-9-4-3-8-13(14)15(16,17)18/h1,5-7,10,13-14,19H,3-4,8-9H2. The fourth-order valence-corrected chi connectivity index (χ4v) is 2.61. The average Bonchev–Trinajstić information content (AvgIpc) is 2.38. The Labute approximate surface area is 111 Å². The molecule has 4 heteroatoms. The van der Waals surface area contributed by atoms with Crippen LogP contribution in [0, 0.1) is 18.3 Å². The highest BCUT2D eigenvalue weighted by atomic mass is 19.4. The molecule has 1 aliphatic carbocycles. The summed E-state index contributed by atoms with van der Waals surface area (Å²) in [6.07, 6.45) is 3.38. The molecular weight excluding hydrogens is 251 g/mol. The molecule has 0 amide bonds. The number of rotatable bonds is 2. The smallest absolute Gasteiger partial charge is 0.382 e. The molecule has 19 heavy (non-hydrogen) atoms. The molecule has 0 aliphatic heterocycles. The maximum atomic E-state index is 13.0. The summed E-state index contributed by atoms with van der Waals surface area (Å²) in [6, 6.07) is 6.42. The largest absolute Gasteiger partial charge is 0.393 e. The predicted molar refractivity (Wildman–Crippen MR) is 69.8 cm³/mol. The lowest BCUT2D eigenvalue weighted by Gasteiger charge is -2.34. The lowest BCUT2D eigenvalue weighted by atomic mass is 9.84. The predicted octanol–water partition coefficient (Wildman–Crippen LogP) is 4.20. The normalized spacial score (nSPS) is 23.7. The van der Waals surface area contributed by atoms with Crippen LogP contribution in [0.4, 0.5) is 18.9 Å². The van der Waals surface area contributed by atoms with E-state index in [-0.39, 0.29) is 6.42 Å². The van der Waals surface area contributed by atoms with Crippen LogP contribution in [0.3, 0.4) is 0 Å². The van der Waals surface area contributed by atoms with Crippen molar-refractivity contribution in [1.82, 2.24) is 0 Å². The SMILES string of the molecule is C#Cc1cccc(NC2CCCCC2C(F)(F)F)c1. The van der Waals surface area contributed by atoms with Crippen LogP contribution in [0.5, 0.6) is 0 Å². The van der Waals surface area contributed by atoms with Gasteiger partial charge in [-0.15, -0.1) is 6.42 Å². The molecule has 2 rings (SSSR count). The molecule has 1 saturated carbocycles. The van der Waals surface area contributed by atoms with Gasteiger partial charge in [0.05, 0.1) is 5.92 Å². The quantitative estimate of drug-likeness (QED) is 0.792. The van der Waals surface area contributed by atoms with Crippen molar-refractivity contribution in [3.05, 3.63) is 29.8 Å². The van der Waals surface area contributed by atoms with Gasteiger partial charge in [0.15, 0.2) is 0 Å². The van der Waals surface area contributed by atoms with Crippen LogP contribution in [0.25, 0.3) is 0 Å². The highest BCUT2D eigenvalue weighted by Gasteiger charge is 2.45. The number of hydrogen-bond donors (Lipinski definition) is 1. The zero-order valence-corrected chi connectivity index (χ0v) is 10.5.